The normalized spacial score (nSPS) is 13.9. The van der Waals surface area contributed by atoms with E-state index in [9.17, 15) is 14.4 Å². The first kappa shape index (κ1) is 22.0. The molecule has 0 N–H and O–H groups in total. The monoisotopic (exact) mass is 472 g/mol. The lowest BCUT2D eigenvalue weighted by molar-refractivity contribution is -0.133. The molecular weight excluding hydrogens is 448 g/mol. The summed E-state index contributed by atoms with van der Waals surface area (Å²) in [6.07, 6.45) is 0.687. The summed E-state index contributed by atoms with van der Waals surface area (Å²) in [7, 11) is 1.62. The SMILES string of the molecule is CCN(C(=O)CCCN1C(=O)c2ccc(Br)cc2C1=O)[C@@H](C)c1cccc(OC)c1. The van der Waals surface area contributed by atoms with E-state index < -0.39 is 0 Å². The van der Waals surface area contributed by atoms with Gasteiger partial charge in [0.2, 0.25) is 5.91 Å². The van der Waals surface area contributed by atoms with Gasteiger partial charge in [0.05, 0.1) is 24.3 Å². The highest BCUT2D eigenvalue weighted by molar-refractivity contribution is 9.10. The van der Waals surface area contributed by atoms with Gasteiger partial charge < -0.3 is 9.64 Å². The zero-order valence-electron chi connectivity index (χ0n) is 17.4. The zero-order valence-corrected chi connectivity index (χ0v) is 18.9. The fourth-order valence-electron chi connectivity index (χ4n) is 3.75. The number of fused-ring (bicyclic) bond motifs is 1. The van der Waals surface area contributed by atoms with E-state index in [-0.39, 0.29) is 36.7 Å². The van der Waals surface area contributed by atoms with Gasteiger partial charge in [-0.15, -0.1) is 0 Å². The zero-order chi connectivity index (χ0) is 21.8. The topological polar surface area (TPSA) is 66.9 Å². The second kappa shape index (κ2) is 9.43. The fourth-order valence-corrected chi connectivity index (χ4v) is 4.11. The summed E-state index contributed by atoms with van der Waals surface area (Å²) in [6, 6.07) is 12.6. The van der Waals surface area contributed by atoms with E-state index in [2.05, 4.69) is 15.9 Å². The van der Waals surface area contributed by atoms with Gasteiger partial charge in [-0.2, -0.15) is 0 Å². The van der Waals surface area contributed by atoms with Crippen molar-refractivity contribution in [3.05, 3.63) is 63.6 Å². The highest BCUT2D eigenvalue weighted by Gasteiger charge is 2.35. The Morgan fingerprint density at radius 3 is 2.57 bits per heavy atom. The van der Waals surface area contributed by atoms with Crippen LogP contribution in [0, 0.1) is 0 Å². The molecule has 0 aromatic heterocycles. The van der Waals surface area contributed by atoms with Crippen molar-refractivity contribution in [2.75, 3.05) is 20.2 Å². The Labute approximate surface area is 184 Å². The molecule has 0 saturated carbocycles. The van der Waals surface area contributed by atoms with Crippen molar-refractivity contribution < 1.29 is 19.1 Å². The van der Waals surface area contributed by atoms with E-state index in [1.807, 2.05) is 38.1 Å². The average Bonchev–Trinajstić information content (AvgIpc) is 2.98. The Bertz CT molecular complexity index is 975. The highest BCUT2D eigenvalue weighted by Crippen LogP contribution is 2.27. The molecule has 0 fully saturated rings. The number of nitrogens with zero attached hydrogens (tertiary/aromatic N) is 2. The van der Waals surface area contributed by atoms with Crippen molar-refractivity contribution in [2.24, 2.45) is 0 Å². The van der Waals surface area contributed by atoms with E-state index >= 15 is 0 Å². The maximum Gasteiger partial charge on any atom is 0.261 e. The van der Waals surface area contributed by atoms with Gasteiger partial charge in [0, 0.05) is 24.0 Å². The van der Waals surface area contributed by atoms with Gasteiger partial charge in [-0.25, -0.2) is 0 Å². The van der Waals surface area contributed by atoms with Crippen molar-refractivity contribution in [2.45, 2.75) is 32.7 Å². The Morgan fingerprint density at radius 1 is 1.13 bits per heavy atom. The molecule has 0 saturated heterocycles. The van der Waals surface area contributed by atoms with E-state index in [0.717, 1.165) is 15.8 Å². The molecule has 1 heterocycles. The number of methoxy groups -OCH3 is 1. The highest BCUT2D eigenvalue weighted by atomic mass is 79.9. The van der Waals surface area contributed by atoms with Crippen molar-refractivity contribution in [3.63, 3.8) is 0 Å². The third-order valence-corrected chi connectivity index (χ3v) is 5.90. The first-order chi connectivity index (χ1) is 14.4. The number of rotatable bonds is 8. The lowest BCUT2D eigenvalue weighted by Gasteiger charge is -2.29. The molecule has 158 valence electrons. The van der Waals surface area contributed by atoms with E-state index in [4.69, 9.17) is 4.74 Å². The van der Waals surface area contributed by atoms with E-state index in [0.29, 0.717) is 24.1 Å². The maximum absolute atomic E-state index is 12.8. The third-order valence-electron chi connectivity index (χ3n) is 5.41. The Morgan fingerprint density at radius 2 is 1.87 bits per heavy atom. The summed E-state index contributed by atoms with van der Waals surface area (Å²) in [5.41, 5.74) is 1.81. The quantitative estimate of drug-likeness (QED) is 0.532. The van der Waals surface area contributed by atoms with Gasteiger partial charge in [0.25, 0.3) is 11.8 Å². The molecule has 0 spiro atoms. The first-order valence-corrected chi connectivity index (χ1v) is 10.8. The van der Waals surface area contributed by atoms with Crippen molar-refractivity contribution in [1.82, 2.24) is 9.80 Å². The molecule has 3 amide bonds. The lowest BCUT2D eigenvalue weighted by atomic mass is 10.1. The van der Waals surface area contributed by atoms with Crippen LogP contribution in [0.25, 0.3) is 0 Å². The number of benzene rings is 2. The molecular formula is C23H25BrN2O4. The Kier molecular flexibility index (Phi) is 6.92. The molecule has 2 aromatic carbocycles. The van der Waals surface area contributed by atoms with E-state index in [1.165, 1.54) is 4.90 Å². The summed E-state index contributed by atoms with van der Waals surface area (Å²) in [5.74, 6) is 0.139. The molecule has 30 heavy (non-hydrogen) atoms. The lowest BCUT2D eigenvalue weighted by Crippen LogP contribution is -2.35. The van der Waals surface area contributed by atoms with Crippen LogP contribution in [0.1, 0.15) is 59.0 Å². The minimum Gasteiger partial charge on any atom is -0.497 e. The van der Waals surface area contributed by atoms with E-state index in [1.54, 1.807) is 30.2 Å². The van der Waals surface area contributed by atoms with Gasteiger partial charge >= 0.3 is 0 Å². The first-order valence-electron chi connectivity index (χ1n) is 9.96. The smallest absolute Gasteiger partial charge is 0.261 e. The molecule has 2 aromatic rings. The van der Waals surface area contributed by atoms with Crippen molar-refractivity contribution in [1.29, 1.82) is 0 Å². The van der Waals surface area contributed by atoms with Gasteiger partial charge in [-0.3, -0.25) is 19.3 Å². The molecule has 0 radical (unpaired) electrons. The molecule has 0 unspecified atom stereocenters. The molecule has 3 rings (SSSR count). The van der Waals surface area contributed by atoms with Crippen molar-refractivity contribution in [3.8, 4) is 5.75 Å². The number of carbonyl (C=O) groups is 3. The number of imide groups is 1. The standard InChI is InChI=1S/C23H25BrN2O4/c1-4-25(15(2)16-7-5-8-18(13-16)30-3)21(27)9-6-12-26-22(28)19-11-10-17(24)14-20(19)23(26)29/h5,7-8,10-11,13-15H,4,6,9,12H2,1-3H3/t15-/m0/s1. The summed E-state index contributed by atoms with van der Waals surface area (Å²) in [6.45, 7) is 4.72. The Hall–Kier alpha value is -2.67. The molecule has 1 aliphatic heterocycles. The molecule has 6 nitrogen and oxygen atoms in total. The van der Waals surface area contributed by atoms with Crippen LogP contribution in [0.3, 0.4) is 0 Å². The number of hydrogen-bond acceptors (Lipinski definition) is 4. The number of ether oxygens (including phenoxy) is 1. The molecule has 7 heteroatoms. The van der Waals surface area contributed by atoms with Gasteiger partial charge in [-0.05, 0) is 56.2 Å². The van der Waals surface area contributed by atoms with Gasteiger partial charge in [0.1, 0.15) is 5.75 Å². The van der Waals surface area contributed by atoms with Crippen LogP contribution in [-0.4, -0.2) is 47.7 Å². The summed E-state index contributed by atoms with van der Waals surface area (Å²) in [4.78, 5) is 40.9. The van der Waals surface area contributed by atoms with Crippen LogP contribution in [0.4, 0.5) is 0 Å². The molecule has 0 aliphatic carbocycles. The summed E-state index contributed by atoms with van der Waals surface area (Å²) >= 11 is 3.33. The third kappa shape index (κ3) is 4.41. The minimum absolute atomic E-state index is 0.00725. The molecule has 0 bridgehead atoms. The minimum atomic E-state index is -0.305. The largest absolute Gasteiger partial charge is 0.497 e. The Balaban J connectivity index is 1.60. The van der Waals surface area contributed by atoms with Crippen LogP contribution >= 0.6 is 15.9 Å². The van der Waals surface area contributed by atoms with Crippen LogP contribution in [0.5, 0.6) is 5.75 Å². The fraction of sp³-hybridized carbons (Fsp3) is 0.348. The predicted molar refractivity (Wildman–Crippen MR) is 118 cm³/mol. The van der Waals surface area contributed by atoms with Gasteiger partial charge in [-0.1, -0.05) is 28.1 Å². The number of carbonyl (C=O) groups excluding carboxylic acids is 3. The number of halogens is 1. The van der Waals surface area contributed by atoms with Crippen LogP contribution in [-0.2, 0) is 4.79 Å². The molecule has 1 atom stereocenters. The second-order valence-electron chi connectivity index (χ2n) is 7.19. The maximum atomic E-state index is 12.8. The number of amides is 3. The van der Waals surface area contributed by atoms with Gasteiger partial charge in [0.15, 0.2) is 0 Å². The second-order valence-corrected chi connectivity index (χ2v) is 8.10. The van der Waals surface area contributed by atoms with Crippen LogP contribution in [0.15, 0.2) is 46.9 Å². The van der Waals surface area contributed by atoms with Crippen LogP contribution in [0.2, 0.25) is 0 Å². The van der Waals surface area contributed by atoms with Crippen LogP contribution < -0.4 is 4.74 Å². The number of hydrogen-bond donors (Lipinski definition) is 0. The summed E-state index contributed by atoms with van der Waals surface area (Å²) in [5, 5.41) is 0. The molecule has 1 aliphatic rings. The summed E-state index contributed by atoms with van der Waals surface area (Å²) < 4.78 is 6.03. The van der Waals surface area contributed by atoms with Crippen molar-refractivity contribution >= 4 is 33.7 Å². The average molecular weight is 473 g/mol. The predicted octanol–water partition coefficient (Wildman–Crippen LogP) is 4.44.